The van der Waals surface area contributed by atoms with Crippen molar-refractivity contribution in [2.24, 2.45) is 0 Å². The molecule has 9 nitrogen and oxygen atoms in total. The Morgan fingerprint density at radius 2 is 1.95 bits per heavy atom. The molecule has 1 aromatic heterocycles. The molecule has 1 aromatic carbocycles. The molecule has 2 aliphatic rings. The van der Waals surface area contributed by atoms with E-state index in [4.69, 9.17) is 4.74 Å². The van der Waals surface area contributed by atoms with Crippen LogP contribution in [0.1, 0.15) is 63.5 Å². The van der Waals surface area contributed by atoms with Crippen molar-refractivity contribution in [1.82, 2.24) is 19.7 Å². The van der Waals surface area contributed by atoms with E-state index in [0.717, 1.165) is 63.2 Å². The molecule has 0 N–H and O–H groups in total. The molecule has 3 heterocycles. The van der Waals surface area contributed by atoms with Gasteiger partial charge >= 0.3 is 0 Å². The van der Waals surface area contributed by atoms with Gasteiger partial charge in [0.1, 0.15) is 5.75 Å². The zero-order chi connectivity index (χ0) is 29.8. The lowest BCUT2D eigenvalue weighted by Gasteiger charge is -2.27. The standard InChI is InChI=1S/C24H31N3O2.C8H16N2O2/c1-3-4-11-27(22-6-5-10-25-15-22)24(28)17-26-16-21(13-18(26)2)19-7-8-23-20(14-19)9-12-29-23;1-4-10(3)8(12)5-6-9(2)7-11/h5-8,10,14-15,18,21H,3-4,9,11-13,16-17H2,1-2H3;7H,4-6H2,1-3H3/t18-,21+;/m0./s1. The molecule has 3 amide bonds. The first-order chi connectivity index (χ1) is 19.8. The van der Waals surface area contributed by atoms with Gasteiger partial charge in [0.05, 0.1) is 25.0 Å². The maximum Gasteiger partial charge on any atom is 0.241 e. The molecule has 1 saturated heterocycles. The van der Waals surface area contributed by atoms with Crippen LogP contribution in [0.3, 0.4) is 0 Å². The van der Waals surface area contributed by atoms with Crippen molar-refractivity contribution < 1.29 is 19.1 Å². The van der Waals surface area contributed by atoms with Crippen LogP contribution >= 0.6 is 0 Å². The monoisotopic (exact) mass is 565 g/mol. The first-order valence-electron chi connectivity index (χ1n) is 14.9. The number of pyridine rings is 1. The molecule has 2 aliphatic heterocycles. The molecule has 2 aromatic rings. The molecule has 41 heavy (non-hydrogen) atoms. The largest absolute Gasteiger partial charge is 0.493 e. The van der Waals surface area contributed by atoms with Gasteiger partial charge in [-0.05, 0) is 61.9 Å². The Labute approximate surface area is 245 Å². The number of benzene rings is 1. The number of anilines is 1. The number of nitrogens with zero attached hydrogens (tertiary/aromatic N) is 5. The summed E-state index contributed by atoms with van der Waals surface area (Å²) in [5, 5.41) is 0. The fourth-order valence-corrected chi connectivity index (χ4v) is 5.20. The lowest BCUT2D eigenvalue weighted by molar-refractivity contribution is -0.130. The summed E-state index contributed by atoms with van der Waals surface area (Å²) in [6.45, 7) is 10.5. The van der Waals surface area contributed by atoms with Crippen molar-refractivity contribution in [3.63, 3.8) is 0 Å². The quantitative estimate of drug-likeness (QED) is 0.362. The van der Waals surface area contributed by atoms with Gasteiger partial charge in [0.15, 0.2) is 0 Å². The van der Waals surface area contributed by atoms with Gasteiger partial charge in [-0.1, -0.05) is 25.5 Å². The number of unbranched alkanes of at least 4 members (excludes halogenated alkanes) is 1. The number of carbonyl (C=O) groups excluding carboxylic acids is 3. The van der Waals surface area contributed by atoms with E-state index in [1.165, 1.54) is 16.0 Å². The fraction of sp³-hybridized carbons (Fsp3) is 0.562. The molecule has 0 bridgehead atoms. The van der Waals surface area contributed by atoms with E-state index in [9.17, 15) is 14.4 Å². The highest BCUT2D eigenvalue weighted by molar-refractivity contribution is 5.94. The van der Waals surface area contributed by atoms with Crippen molar-refractivity contribution in [2.45, 2.75) is 64.8 Å². The average molecular weight is 566 g/mol. The van der Waals surface area contributed by atoms with Crippen LogP contribution in [0, 0.1) is 0 Å². The molecule has 0 unspecified atom stereocenters. The van der Waals surface area contributed by atoms with E-state index in [2.05, 4.69) is 41.9 Å². The van der Waals surface area contributed by atoms with Crippen molar-refractivity contribution in [1.29, 1.82) is 0 Å². The topological polar surface area (TPSA) is 86.3 Å². The van der Waals surface area contributed by atoms with Crippen LogP contribution in [-0.4, -0.2) is 97.4 Å². The number of amides is 3. The summed E-state index contributed by atoms with van der Waals surface area (Å²) < 4.78 is 5.65. The van der Waals surface area contributed by atoms with E-state index < -0.39 is 0 Å². The second-order valence-corrected chi connectivity index (χ2v) is 11.0. The predicted octanol–water partition coefficient (Wildman–Crippen LogP) is 3.97. The van der Waals surface area contributed by atoms with Gasteiger partial charge in [0.2, 0.25) is 18.2 Å². The first-order valence-corrected chi connectivity index (χ1v) is 14.9. The predicted molar refractivity (Wildman–Crippen MR) is 162 cm³/mol. The Balaban J connectivity index is 0.000000327. The summed E-state index contributed by atoms with van der Waals surface area (Å²) in [7, 11) is 3.41. The number of hydrogen-bond donors (Lipinski definition) is 0. The highest BCUT2D eigenvalue weighted by Crippen LogP contribution is 2.35. The van der Waals surface area contributed by atoms with Crippen molar-refractivity contribution in [2.75, 3.05) is 58.3 Å². The number of aromatic nitrogens is 1. The normalized spacial score (nSPS) is 17.6. The van der Waals surface area contributed by atoms with Crippen LogP contribution in [-0.2, 0) is 20.8 Å². The van der Waals surface area contributed by atoms with E-state index in [1.54, 1.807) is 31.4 Å². The minimum Gasteiger partial charge on any atom is -0.493 e. The highest BCUT2D eigenvalue weighted by atomic mass is 16.5. The summed E-state index contributed by atoms with van der Waals surface area (Å²) in [6.07, 6.45) is 8.82. The Hall–Kier alpha value is -3.46. The SMILES string of the molecule is CCCCN(C(=O)CN1C[C@H](c2ccc3c(c2)CCO3)C[C@@H]1C)c1cccnc1.CCN(C)C(=O)CCN(C)C=O. The molecular weight excluding hydrogens is 518 g/mol. The maximum absolute atomic E-state index is 13.2. The minimum absolute atomic E-state index is 0.0752. The molecule has 224 valence electrons. The van der Waals surface area contributed by atoms with Crippen LogP contribution in [0.5, 0.6) is 5.75 Å². The molecule has 2 atom stereocenters. The molecule has 0 spiro atoms. The van der Waals surface area contributed by atoms with Crippen LogP contribution < -0.4 is 9.64 Å². The van der Waals surface area contributed by atoms with E-state index in [-0.39, 0.29) is 11.8 Å². The summed E-state index contributed by atoms with van der Waals surface area (Å²) in [4.78, 5) is 46.1. The third-order valence-electron chi connectivity index (χ3n) is 7.98. The number of ether oxygens (including phenoxy) is 1. The molecule has 0 aliphatic carbocycles. The second-order valence-electron chi connectivity index (χ2n) is 11.0. The molecule has 1 fully saturated rings. The van der Waals surface area contributed by atoms with Crippen LogP contribution in [0.25, 0.3) is 0 Å². The Kier molecular flexibility index (Phi) is 12.6. The third kappa shape index (κ3) is 9.28. The van der Waals surface area contributed by atoms with Gasteiger partial charge in [-0.25, -0.2) is 0 Å². The molecule has 9 heteroatoms. The lowest BCUT2D eigenvalue weighted by atomic mass is 9.94. The van der Waals surface area contributed by atoms with E-state index >= 15 is 0 Å². The molecular formula is C32H47N5O4. The van der Waals surface area contributed by atoms with Crippen molar-refractivity contribution in [3.8, 4) is 5.75 Å². The smallest absolute Gasteiger partial charge is 0.241 e. The molecule has 0 saturated carbocycles. The zero-order valence-electron chi connectivity index (χ0n) is 25.4. The zero-order valence-corrected chi connectivity index (χ0v) is 25.4. The summed E-state index contributed by atoms with van der Waals surface area (Å²) in [5.41, 5.74) is 3.60. The number of likely N-dealkylation sites (tertiary alicyclic amines) is 1. The highest BCUT2D eigenvalue weighted by Gasteiger charge is 2.33. The maximum atomic E-state index is 13.2. The van der Waals surface area contributed by atoms with Gasteiger partial charge in [-0.3, -0.25) is 24.3 Å². The van der Waals surface area contributed by atoms with Crippen molar-refractivity contribution in [3.05, 3.63) is 53.9 Å². The summed E-state index contributed by atoms with van der Waals surface area (Å²) in [5.74, 6) is 1.76. The molecule has 4 rings (SSSR count). The number of rotatable bonds is 12. The fourth-order valence-electron chi connectivity index (χ4n) is 5.20. The van der Waals surface area contributed by atoms with E-state index in [0.29, 0.717) is 38.0 Å². The van der Waals surface area contributed by atoms with Gasteiger partial charge in [0, 0.05) is 65.4 Å². The third-order valence-corrected chi connectivity index (χ3v) is 7.98. The van der Waals surface area contributed by atoms with Gasteiger partial charge in [-0.15, -0.1) is 0 Å². The van der Waals surface area contributed by atoms with Crippen LogP contribution in [0.15, 0.2) is 42.7 Å². The number of carbonyl (C=O) groups is 3. The van der Waals surface area contributed by atoms with Gasteiger partial charge in [0.25, 0.3) is 0 Å². The second kappa shape index (κ2) is 16.1. The molecule has 0 radical (unpaired) electrons. The van der Waals surface area contributed by atoms with Gasteiger partial charge < -0.3 is 19.4 Å². The number of hydrogen-bond acceptors (Lipinski definition) is 6. The first kappa shape index (κ1) is 32.1. The summed E-state index contributed by atoms with van der Waals surface area (Å²) in [6, 6.07) is 10.9. The number of fused-ring (bicyclic) bond motifs is 1. The Bertz CT molecular complexity index is 1130. The van der Waals surface area contributed by atoms with Gasteiger partial charge in [-0.2, -0.15) is 0 Å². The lowest BCUT2D eigenvalue weighted by Crippen LogP contribution is -2.42. The van der Waals surface area contributed by atoms with Crippen molar-refractivity contribution >= 4 is 23.9 Å². The summed E-state index contributed by atoms with van der Waals surface area (Å²) >= 11 is 0. The van der Waals surface area contributed by atoms with Crippen LogP contribution in [0.2, 0.25) is 0 Å². The minimum atomic E-state index is 0.0752. The Morgan fingerprint density at radius 3 is 2.63 bits per heavy atom. The average Bonchev–Trinajstić information content (AvgIpc) is 3.62. The van der Waals surface area contributed by atoms with Crippen LogP contribution in [0.4, 0.5) is 5.69 Å². The van der Waals surface area contributed by atoms with E-state index in [1.807, 2.05) is 24.0 Å². The Morgan fingerprint density at radius 1 is 1.15 bits per heavy atom.